The fourth-order valence-corrected chi connectivity index (χ4v) is 4.42. The van der Waals surface area contributed by atoms with Crippen molar-refractivity contribution in [2.75, 3.05) is 19.1 Å². The van der Waals surface area contributed by atoms with E-state index >= 15 is 0 Å². The van der Waals surface area contributed by atoms with Crippen molar-refractivity contribution in [2.45, 2.75) is 29.4 Å². The van der Waals surface area contributed by atoms with Crippen molar-refractivity contribution < 1.29 is 13.9 Å². The zero-order valence-electron chi connectivity index (χ0n) is 16.1. The van der Waals surface area contributed by atoms with E-state index in [1.807, 2.05) is 24.3 Å². The number of fused-ring (bicyclic) bond motifs is 2. The molecule has 9 nitrogen and oxygen atoms in total. The molecule has 0 aliphatic carbocycles. The zero-order valence-corrected chi connectivity index (χ0v) is 16.9. The summed E-state index contributed by atoms with van der Waals surface area (Å²) >= 11 is 1.50. The van der Waals surface area contributed by atoms with Crippen molar-refractivity contribution in [1.29, 1.82) is 0 Å². The van der Waals surface area contributed by atoms with Crippen LogP contribution in [0.5, 0.6) is 11.5 Å². The maximum Gasteiger partial charge on any atom is 0.231 e. The molecule has 10 heteroatoms. The number of nitrogens with two attached hydrogens (primary N) is 2. The summed E-state index contributed by atoms with van der Waals surface area (Å²) in [6.45, 7) is 1.56. The number of imidazole rings is 1. The van der Waals surface area contributed by atoms with E-state index in [1.54, 1.807) is 6.26 Å². The first-order valence-corrected chi connectivity index (χ1v) is 10.4. The molecule has 0 unspecified atom stereocenters. The highest BCUT2D eigenvalue weighted by Gasteiger charge is 2.23. The van der Waals surface area contributed by atoms with Crippen LogP contribution in [0.4, 0.5) is 5.82 Å². The molecule has 1 aliphatic rings. The second kappa shape index (κ2) is 7.88. The van der Waals surface area contributed by atoms with E-state index in [4.69, 9.17) is 30.3 Å². The highest BCUT2D eigenvalue weighted by molar-refractivity contribution is 7.99. The van der Waals surface area contributed by atoms with Crippen LogP contribution in [0, 0.1) is 0 Å². The fourth-order valence-electron chi connectivity index (χ4n) is 3.36. The second-order valence-corrected chi connectivity index (χ2v) is 7.76. The Morgan fingerprint density at radius 3 is 2.80 bits per heavy atom. The molecule has 1 aromatic carbocycles. The molecule has 30 heavy (non-hydrogen) atoms. The Morgan fingerprint density at radius 2 is 2.00 bits per heavy atom. The van der Waals surface area contributed by atoms with Crippen LogP contribution in [0.3, 0.4) is 0 Å². The smallest absolute Gasteiger partial charge is 0.231 e. The van der Waals surface area contributed by atoms with Gasteiger partial charge in [0.15, 0.2) is 33.6 Å². The number of nitrogen functional groups attached to an aromatic ring is 1. The van der Waals surface area contributed by atoms with Crippen LogP contribution in [-0.4, -0.2) is 32.9 Å². The van der Waals surface area contributed by atoms with Gasteiger partial charge in [0.1, 0.15) is 12.1 Å². The fraction of sp³-hybridized carbons (Fsp3) is 0.250. The Bertz CT molecular complexity index is 1190. The van der Waals surface area contributed by atoms with Crippen LogP contribution in [0.25, 0.3) is 22.5 Å². The molecule has 0 spiro atoms. The summed E-state index contributed by atoms with van der Waals surface area (Å²) in [6.07, 6.45) is 4.92. The number of unbranched alkanes of at least 4 members (excludes halogenated alkanes) is 1. The molecule has 0 atom stereocenters. The number of hydrogen-bond donors (Lipinski definition) is 2. The Morgan fingerprint density at radius 1 is 1.13 bits per heavy atom. The van der Waals surface area contributed by atoms with Crippen molar-refractivity contribution in [3.8, 4) is 22.8 Å². The van der Waals surface area contributed by atoms with E-state index in [0.29, 0.717) is 35.0 Å². The molecule has 5 rings (SSSR count). The first-order valence-electron chi connectivity index (χ1n) is 9.56. The minimum Gasteiger partial charge on any atom is -0.464 e. The van der Waals surface area contributed by atoms with Gasteiger partial charge < -0.3 is 29.9 Å². The van der Waals surface area contributed by atoms with Gasteiger partial charge >= 0.3 is 0 Å². The normalized spacial score (nSPS) is 12.7. The molecule has 0 bridgehead atoms. The Balaban J connectivity index is 1.60. The van der Waals surface area contributed by atoms with Gasteiger partial charge in [-0.05, 0) is 43.7 Å². The first kappa shape index (κ1) is 18.8. The third-order valence-corrected chi connectivity index (χ3v) is 5.88. The largest absolute Gasteiger partial charge is 0.464 e. The summed E-state index contributed by atoms with van der Waals surface area (Å²) in [5.41, 5.74) is 13.9. The minimum absolute atomic E-state index is 0.199. The van der Waals surface area contributed by atoms with Gasteiger partial charge in [-0.25, -0.2) is 15.0 Å². The summed E-state index contributed by atoms with van der Waals surface area (Å²) in [4.78, 5) is 14.2. The number of benzene rings is 1. The summed E-state index contributed by atoms with van der Waals surface area (Å²) in [6, 6.07) is 7.64. The van der Waals surface area contributed by atoms with Crippen LogP contribution in [-0.2, 0) is 6.54 Å². The van der Waals surface area contributed by atoms with Gasteiger partial charge in [-0.15, -0.1) is 0 Å². The van der Waals surface area contributed by atoms with Crippen LogP contribution in [0.15, 0.2) is 51.3 Å². The van der Waals surface area contributed by atoms with Gasteiger partial charge in [0.05, 0.1) is 6.26 Å². The number of aryl methyl sites for hydroxylation is 1. The summed E-state index contributed by atoms with van der Waals surface area (Å²) in [5.74, 6) is 2.48. The number of aromatic nitrogens is 4. The van der Waals surface area contributed by atoms with Crippen molar-refractivity contribution >= 4 is 28.7 Å². The molecule has 0 saturated carbocycles. The van der Waals surface area contributed by atoms with Crippen LogP contribution >= 0.6 is 11.8 Å². The van der Waals surface area contributed by atoms with Crippen molar-refractivity contribution in [3.63, 3.8) is 0 Å². The number of ether oxygens (including phenoxy) is 2. The first-order chi connectivity index (χ1) is 14.7. The standard InChI is InChI=1S/C20H20N6O3S/c21-5-1-2-6-26-19-17(18(22)23-10-24-19)25-20(26)30-16-9-15-14(28-11-29-15)8-12(16)13-4-3-7-27-13/h3-4,7-10H,1-2,5-6,11,21H2,(H2,22,23,24). The van der Waals surface area contributed by atoms with Gasteiger partial charge in [-0.2, -0.15) is 0 Å². The molecule has 0 saturated heterocycles. The molecule has 0 amide bonds. The minimum atomic E-state index is 0.199. The summed E-state index contributed by atoms with van der Waals surface area (Å²) < 4.78 is 18.9. The van der Waals surface area contributed by atoms with Crippen molar-refractivity contribution in [2.24, 2.45) is 5.73 Å². The van der Waals surface area contributed by atoms with E-state index in [-0.39, 0.29) is 6.79 Å². The SMILES string of the molecule is NCCCCn1c(Sc2cc3c(cc2-c2ccco2)OCO3)nc2c(N)ncnc21. The molecule has 4 aromatic rings. The predicted octanol–water partition coefficient (Wildman–Crippen LogP) is 3.29. The second-order valence-electron chi connectivity index (χ2n) is 6.75. The van der Waals surface area contributed by atoms with Gasteiger partial charge in [-0.3, -0.25) is 0 Å². The van der Waals surface area contributed by atoms with E-state index in [0.717, 1.165) is 40.8 Å². The number of rotatable bonds is 7. The van der Waals surface area contributed by atoms with E-state index in [2.05, 4.69) is 14.5 Å². The number of hydrogen-bond acceptors (Lipinski definition) is 9. The maximum absolute atomic E-state index is 6.06. The lowest BCUT2D eigenvalue weighted by Crippen LogP contribution is -2.05. The predicted molar refractivity (Wildman–Crippen MR) is 112 cm³/mol. The molecule has 4 heterocycles. The zero-order chi connectivity index (χ0) is 20.5. The van der Waals surface area contributed by atoms with E-state index in [9.17, 15) is 0 Å². The molecule has 154 valence electrons. The molecule has 4 N–H and O–H groups in total. The van der Waals surface area contributed by atoms with E-state index in [1.165, 1.54) is 18.1 Å². The third kappa shape index (κ3) is 3.33. The summed E-state index contributed by atoms with van der Waals surface area (Å²) in [5, 5.41) is 0.765. The molecular formula is C20H20N6O3S. The van der Waals surface area contributed by atoms with Crippen LogP contribution in [0.1, 0.15) is 12.8 Å². The van der Waals surface area contributed by atoms with Gasteiger partial charge in [0.25, 0.3) is 0 Å². The molecule has 1 aliphatic heterocycles. The lowest BCUT2D eigenvalue weighted by Gasteiger charge is -2.11. The van der Waals surface area contributed by atoms with Gasteiger partial charge in [-0.1, -0.05) is 11.8 Å². The number of anilines is 1. The average molecular weight is 424 g/mol. The average Bonchev–Trinajstić information content (AvgIpc) is 3.48. The van der Waals surface area contributed by atoms with Gasteiger partial charge in [0, 0.05) is 17.0 Å². The molecule has 0 fully saturated rings. The Kier molecular flexibility index (Phi) is 4.93. The maximum atomic E-state index is 6.06. The monoisotopic (exact) mass is 424 g/mol. The number of furan rings is 1. The molecule has 0 radical (unpaired) electrons. The highest BCUT2D eigenvalue weighted by Crippen LogP contribution is 2.45. The lowest BCUT2D eigenvalue weighted by molar-refractivity contribution is 0.174. The van der Waals surface area contributed by atoms with Crippen LogP contribution < -0.4 is 20.9 Å². The Hall–Kier alpha value is -3.24. The van der Waals surface area contributed by atoms with E-state index < -0.39 is 0 Å². The van der Waals surface area contributed by atoms with Gasteiger partial charge in [0.2, 0.25) is 6.79 Å². The quantitative estimate of drug-likeness (QED) is 0.430. The Labute approximate surface area is 176 Å². The highest BCUT2D eigenvalue weighted by atomic mass is 32.2. The van der Waals surface area contributed by atoms with Crippen molar-refractivity contribution in [1.82, 2.24) is 19.5 Å². The topological polar surface area (TPSA) is 127 Å². The lowest BCUT2D eigenvalue weighted by atomic mass is 10.1. The van der Waals surface area contributed by atoms with Crippen LogP contribution in [0.2, 0.25) is 0 Å². The third-order valence-electron chi connectivity index (χ3n) is 4.82. The molecular weight excluding hydrogens is 404 g/mol. The number of nitrogens with zero attached hydrogens (tertiary/aromatic N) is 4. The van der Waals surface area contributed by atoms with Crippen molar-refractivity contribution in [3.05, 3.63) is 36.9 Å². The summed E-state index contributed by atoms with van der Waals surface area (Å²) in [7, 11) is 0. The molecule has 3 aromatic heterocycles.